The van der Waals surface area contributed by atoms with Crippen molar-refractivity contribution in [2.45, 2.75) is 13.0 Å². The summed E-state index contributed by atoms with van der Waals surface area (Å²) in [6.45, 7) is 1.66. The maximum atomic E-state index is 11.1. The molecule has 6 heteroatoms. The molecule has 0 saturated carbocycles. The van der Waals surface area contributed by atoms with Gasteiger partial charge in [-0.05, 0) is 18.5 Å². The first-order chi connectivity index (χ1) is 5.38. The van der Waals surface area contributed by atoms with Gasteiger partial charge in [-0.3, -0.25) is 4.79 Å². The second kappa shape index (κ2) is 5.21. The van der Waals surface area contributed by atoms with E-state index in [2.05, 4.69) is 15.5 Å². The van der Waals surface area contributed by atoms with Crippen LogP contribution in [-0.4, -0.2) is 16.7 Å². The molecule has 0 spiro atoms. The third kappa shape index (κ3) is 2.43. The third-order valence-corrected chi connectivity index (χ3v) is 1.92. The van der Waals surface area contributed by atoms with E-state index in [4.69, 9.17) is 0 Å². The van der Waals surface area contributed by atoms with Crippen LogP contribution in [0.5, 0.6) is 0 Å². The summed E-state index contributed by atoms with van der Waals surface area (Å²) in [6, 6.07) is 0. The zero-order valence-corrected chi connectivity index (χ0v) is 8.50. The Kier molecular flexibility index (Phi) is 4.98. The van der Waals surface area contributed by atoms with Crippen LogP contribution in [0.4, 0.5) is 0 Å². The summed E-state index contributed by atoms with van der Waals surface area (Å²) >= 11 is 0. The van der Waals surface area contributed by atoms with Gasteiger partial charge in [0, 0.05) is 12.1 Å². The number of nitrogens with zero attached hydrogens (tertiary/aromatic N) is 1. The molecule has 0 bridgehead atoms. The van der Waals surface area contributed by atoms with E-state index in [1.54, 1.807) is 6.20 Å². The molecular formula is C7H11Cl2N3O. The van der Waals surface area contributed by atoms with Crippen molar-refractivity contribution in [1.82, 2.24) is 15.5 Å². The zero-order valence-electron chi connectivity index (χ0n) is 6.87. The van der Waals surface area contributed by atoms with Gasteiger partial charge in [0.2, 0.25) is 0 Å². The number of nitrogens with one attached hydrogen (secondary N) is 2. The molecule has 13 heavy (non-hydrogen) atoms. The minimum absolute atomic E-state index is 0. The summed E-state index contributed by atoms with van der Waals surface area (Å²) in [4.78, 5) is 11.1. The minimum Gasteiger partial charge on any atom is -0.312 e. The van der Waals surface area contributed by atoms with Crippen LogP contribution in [0.2, 0.25) is 0 Å². The van der Waals surface area contributed by atoms with Crippen molar-refractivity contribution in [3.8, 4) is 0 Å². The van der Waals surface area contributed by atoms with Crippen molar-refractivity contribution in [1.29, 1.82) is 0 Å². The van der Waals surface area contributed by atoms with Gasteiger partial charge in [-0.25, -0.2) is 5.10 Å². The highest BCUT2D eigenvalue weighted by molar-refractivity contribution is 5.85. The quantitative estimate of drug-likeness (QED) is 0.664. The monoisotopic (exact) mass is 223 g/mol. The minimum atomic E-state index is -0.0380. The number of H-pyrrole nitrogens is 1. The molecule has 2 heterocycles. The summed E-state index contributed by atoms with van der Waals surface area (Å²) in [7, 11) is 0. The lowest BCUT2D eigenvalue weighted by Gasteiger charge is -2.13. The zero-order chi connectivity index (χ0) is 7.68. The van der Waals surface area contributed by atoms with Crippen molar-refractivity contribution >= 4 is 24.8 Å². The van der Waals surface area contributed by atoms with Gasteiger partial charge >= 0.3 is 0 Å². The van der Waals surface area contributed by atoms with Crippen LogP contribution in [0, 0.1) is 0 Å². The molecule has 0 unspecified atom stereocenters. The van der Waals surface area contributed by atoms with E-state index in [0.717, 1.165) is 30.6 Å². The Hall–Kier alpha value is -0.580. The van der Waals surface area contributed by atoms with Gasteiger partial charge in [-0.2, -0.15) is 5.10 Å². The van der Waals surface area contributed by atoms with Crippen LogP contribution in [0.15, 0.2) is 11.0 Å². The van der Waals surface area contributed by atoms with E-state index in [-0.39, 0.29) is 30.4 Å². The number of fused-ring (bicyclic) bond motifs is 1. The van der Waals surface area contributed by atoms with E-state index in [0.29, 0.717) is 0 Å². The summed E-state index contributed by atoms with van der Waals surface area (Å²) < 4.78 is 0. The Bertz CT molecular complexity index is 326. The lowest BCUT2D eigenvalue weighted by molar-refractivity contribution is 0.629. The van der Waals surface area contributed by atoms with Gasteiger partial charge in [-0.15, -0.1) is 24.8 Å². The van der Waals surface area contributed by atoms with Crippen LogP contribution in [-0.2, 0) is 13.0 Å². The maximum Gasteiger partial charge on any atom is 0.267 e. The molecule has 2 N–H and O–H groups in total. The average molecular weight is 224 g/mol. The van der Waals surface area contributed by atoms with E-state index in [9.17, 15) is 4.79 Å². The van der Waals surface area contributed by atoms with Crippen molar-refractivity contribution in [2.75, 3.05) is 6.54 Å². The number of hydrogen-bond donors (Lipinski definition) is 2. The average Bonchev–Trinajstić information content (AvgIpc) is 2.06. The number of rotatable bonds is 0. The molecule has 0 radical (unpaired) electrons. The lowest BCUT2D eigenvalue weighted by Crippen LogP contribution is -2.30. The molecule has 1 aromatic rings. The molecule has 1 aliphatic rings. The fourth-order valence-corrected chi connectivity index (χ4v) is 1.32. The second-order valence-corrected chi connectivity index (χ2v) is 2.63. The third-order valence-electron chi connectivity index (χ3n) is 1.92. The molecule has 0 atom stereocenters. The Morgan fingerprint density at radius 1 is 1.38 bits per heavy atom. The van der Waals surface area contributed by atoms with Crippen molar-refractivity contribution in [3.05, 3.63) is 27.7 Å². The fraction of sp³-hybridized carbons (Fsp3) is 0.429. The van der Waals surface area contributed by atoms with Gasteiger partial charge in [0.25, 0.3) is 5.56 Å². The highest BCUT2D eigenvalue weighted by Gasteiger charge is 2.10. The number of hydrogen-bond acceptors (Lipinski definition) is 3. The standard InChI is InChI=1S/C7H9N3O.2ClH/c11-7-6-1-2-8-3-5(6)4-9-10-7;;/h4,8H,1-3H2,(H,10,11);2*1H. The molecule has 0 fully saturated rings. The number of halogens is 2. The topological polar surface area (TPSA) is 57.8 Å². The Morgan fingerprint density at radius 2 is 2.15 bits per heavy atom. The highest BCUT2D eigenvalue weighted by atomic mass is 35.5. The molecule has 0 saturated heterocycles. The molecule has 4 nitrogen and oxygen atoms in total. The largest absolute Gasteiger partial charge is 0.312 e. The first-order valence-electron chi connectivity index (χ1n) is 3.64. The predicted octanol–water partition coefficient (Wildman–Crippen LogP) is 0.259. The van der Waals surface area contributed by atoms with Crippen molar-refractivity contribution < 1.29 is 0 Å². The first-order valence-corrected chi connectivity index (χ1v) is 3.64. The smallest absolute Gasteiger partial charge is 0.267 e. The van der Waals surface area contributed by atoms with Crippen LogP contribution < -0.4 is 10.9 Å². The number of aromatic amines is 1. The summed E-state index contributed by atoms with van der Waals surface area (Å²) in [5.41, 5.74) is 1.88. The Labute approximate surface area is 87.9 Å². The van der Waals surface area contributed by atoms with Crippen LogP contribution >= 0.6 is 24.8 Å². The fourth-order valence-electron chi connectivity index (χ4n) is 1.32. The van der Waals surface area contributed by atoms with Gasteiger partial charge in [0.05, 0.1) is 6.20 Å². The molecule has 0 amide bonds. The van der Waals surface area contributed by atoms with Crippen LogP contribution in [0.3, 0.4) is 0 Å². The predicted molar refractivity (Wildman–Crippen MR) is 54.8 cm³/mol. The van der Waals surface area contributed by atoms with Gasteiger partial charge < -0.3 is 5.32 Å². The van der Waals surface area contributed by atoms with E-state index < -0.39 is 0 Å². The van der Waals surface area contributed by atoms with Crippen LogP contribution in [0.1, 0.15) is 11.1 Å². The van der Waals surface area contributed by atoms with Crippen molar-refractivity contribution in [2.24, 2.45) is 0 Å². The molecule has 0 aliphatic carbocycles. The maximum absolute atomic E-state index is 11.1. The van der Waals surface area contributed by atoms with Gasteiger partial charge in [-0.1, -0.05) is 0 Å². The molecule has 1 aliphatic heterocycles. The Balaban J connectivity index is 0.000000720. The lowest BCUT2D eigenvalue weighted by atomic mass is 10.1. The van der Waals surface area contributed by atoms with Crippen molar-refractivity contribution in [3.63, 3.8) is 0 Å². The molecule has 74 valence electrons. The number of aromatic nitrogens is 2. The Morgan fingerprint density at radius 3 is 2.85 bits per heavy atom. The van der Waals surface area contributed by atoms with Gasteiger partial charge in [0.1, 0.15) is 0 Å². The molecule has 1 aromatic heterocycles. The summed E-state index contributed by atoms with van der Waals surface area (Å²) in [5, 5.41) is 9.32. The van der Waals surface area contributed by atoms with E-state index in [1.807, 2.05) is 0 Å². The van der Waals surface area contributed by atoms with Gasteiger partial charge in [0.15, 0.2) is 0 Å². The normalized spacial score (nSPS) is 13.5. The molecular weight excluding hydrogens is 213 g/mol. The highest BCUT2D eigenvalue weighted by Crippen LogP contribution is 2.05. The van der Waals surface area contributed by atoms with Crippen LogP contribution in [0.25, 0.3) is 0 Å². The molecule has 0 aromatic carbocycles. The summed E-state index contributed by atoms with van der Waals surface area (Å²) in [6.07, 6.45) is 2.52. The van der Waals surface area contributed by atoms with E-state index >= 15 is 0 Å². The van der Waals surface area contributed by atoms with E-state index in [1.165, 1.54) is 0 Å². The SMILES string of the molecule is Cl.Cl.O=c1[nH]ncc2c1CCNC2. The summed E-state index contributed by atoms with van der Waals surface area (Å²) in [5.74, 6) is 0. The second-order valence-electron chi connectivity index (χ2n) is 2.63. The molecule has 2 rings (SSSR count). The first kappa shape index (κ1) is 12.4.